The van der Waals surface area contributed by atoms with E-state index >= 15 is 0 Å². The molecule has 47 heavy (non-hydrogen) atoms. The molecule has 0 unspecified atom stereocenters. The standard InChI is InChI=1S/C37H44N2O6S2/c1-3-17-37(18-4-2)35-27-31(29-13-21-38(22-14-29)19-5-7-25-46(40,41)42)9-11-33(35)34-12-10-32(28-36(34)37)30-15-23-39(24-16-30)20-6-8-26-47(43,44)45/h9-16,21-24,27-28H,3-8,17-20,25-26H2,1-2H3. The Kier molecular flexibility index (Phi) is 11.0. The van der Waals surface area contributed by atoms with Crippen LogP contribution in [0, 0.1) is 0 Å². The first-order chi connectivity index (χ1) is 22.4. The second-order valence-corrected chi connectivity index (χ2v) is 15.7. The lowest BCUT2D eigenvalue weighted by Crippen LogP contribution is -2.32. The van der Waals surface area contributed by atoms with Crippen molar-refractivity contribution < 1.29 is 35.1 Å². The summed E-state index contributed by atoms with van der Waals surface area (Å²) in [4.78, 5) is 0. The van der Waals surface area contributed by atoms with Crippen LogP contribution in [0.4, 0.5) is 0 Å². The molecule has 1 aliphatic rings. The van der Waals surface area contributed by atoms with E-state index in [0.29, 0.717) is 38.8 Å². The minimum Gasteiger partial charge on any atom is -0.748 e. The van der Waals surface area contributed by atoms with E-state index < -0.39 is 20.2 Å². The number of nitrogens with zero attached hydrogens (tertiary/aromatic N) is 2. The van der Waals surface area contributed by atoms with Gasteiger partial charge in [0.1, 0.15) is 13.1 Å². The van der Waals surface area contributed by atoms with Crippen molar-refractivity contribution in [3.63, 3.8) is 0 Å². The third kappa shape index (κ3) is 8.54. The summed E-state index contributed by atoms with van der Waals surface area (Å²) in [6.07, 6.45) is 14.3. The van der Waals surface area contributed by atoms with Crippen molar-refractivity contribution in [2.45, 2.75) is 83.7 Å². The summed E-state index contributed by atoms with van der Waals surface area (Å²) in [6.45, 7) is 5.83. The maximum absolute atomic E-state index is 10.9. The highest BCUT2D eigenvalue weighted by Gasteiger charge is 2.42. The molecule has 2 heterocycles. The van der Waals surface area contributed by atoms with Crippen LogP contribution in [-0.2, 0) is 38.7 Å². The Hall–Kier alpha value is -3.44. The van der Waals surface area contributed by atoms with Crippen molar-refractivity contribution in [2.75, 3.05) is 11.5 Å². The van der Waals surface area contributed by atoms with Crippen LogP contribution in [0.15, 0.2) is 85.5 Å². The summed E-state index contributed by atoms with van der Waals surface area (Å²) in [5.41, 5.74) is 9.84. The molecule has 0 aliphatic heterocycles. The van der Waals surface area contributed by atoms with Gasteiger partial charge in [0.2, 0.25) is 0 Å². The quantitative estimate of drug-likeness (QED) is 0.0802. The van der Waals surface area contributed by atoms with E-state index in [9.17, 15) is 25.9 Å². The third-order valence-corrected chi connectivity index (χ3v) is 10.9. The SMILES string of the molecule is CCCC1(CCC)c2cc(-c3cc[n+](CCCCS(=O)(=O)[O-])cc3)ccc2-c2ccc(-c3cc[n+](CCCCS(=O)(=O)[O-])cc3)cc21. The van der Waals surface area contributed by atoms with E-state index in [0.717, 1.165) is 36.8 Å². The number of hydrogen-bond acceptors (Lipinski definition) is 6. The van der Waals surface area contributed by atoms with E-state index in [1.807, 2.05) is 33.9 Å². The number of aromatic nitrogens is 2. The number of aryl methyl sites for hydroxylation is 2. The van der Waals surface area contributed by atoms with Crippen LogP contribution in [0.25, 0.3) is 33.4 Å². The maximum atomic E-state index is 10.9. The maximum Gasteiger partial charge on any atom is 0.169 e. The molecule has 0 saturated heterocycles. The highest BCUT2D eigenvalue weighted by molar-refractivity contribution is 7.85. The van der Waals surface area contributed by atoms with E-state index in [1.54, 1.807) is 0 Å². The fourth-order valence-corrected chi connectivity index (χ4v) is 8.23. The van der Waals surface area contributed by atoms with Crippen molar-refractivity contribution in [3.8, 4) is 33.4 Å². The topological polar surface area (TPSA) is 122 Å². The van der Waals surface area contributed by atoms with Crippen LogP contribution in [0.3, 0.4) is 0 Å². The lowest BCUT2D eigenvalue weighted by molar-refractivity contribution is -0.697. The Morgan fingerprint density at radius 2 is 0.936 bits per heavy atom. The summed E-state index contributed by atoms with van der Waals surface area (Å²) in [7, 11) is -8.34. The number of hydrogen-bond donors (Lipinski definition) is 0. The lowest BCUT2D eigenvalue weighted by atomic mass is 9.71. The largest absolute Gasteiger partial charge is 0.748 e. The Labute approximate surface area is 279 Å². The zero-order valence-electron chi connectivity index (χ0n) is 27.2. The van der Waals surface area contributed by atoms with Crippen molar-refractivity contribution in [2.24, 2.45) is 0 Å². The van der Waals surface area contributed by atoms with E-state index in [4.69, 9.17) is 0 Å². The van der Waals surface area contributed by atoms with E-state index in [1.165, 1.54) is 33.4 Å². The minimum absolute atomic E-state index is 0.0899. The van der Waals surface area contributed by atoms with Gasteiger partial charge < -0.3 is 9.11 Å². The fraction of sp³-hybridized carbons (Fsp3) is 0.405. The molecule has 0 N–H and O–H groups in total. The summed E-state index contributed by atoms with van der Waals surface area (Å²) in [5, 5.41) is 0. The van der Waals surface area contributed by atoms with Gasteiger partial charge in [0, 0.05) is 54.0 Å². The van der Waals surface area contributed by atoms with Crippen LogP contribution in [0.1, 0.15) is 76.3 Å². The predicted molar refractivity (Wildman–Crippen MR) is 181 cm³/mol. The monoisotopic (exact) mass is 676 g/mol. The number of benzene rings is 2. The molecule has 5 rings (SSSR count). The second-order valence-electron chi connectivity index (χ2n) is 12.7. The van der Waals surface area contributed by atoms with Crippen molar-refractivity contribution in [3.05, 3.63) is 96.6 Å². The summed E-state index contributed by atoms with van der Waals surface area (Å²) in [6, 6.07) is 22.1. The van der Waals surface area contributed by atoms with Crippen LogP contribution in [-0.4, -0.2) is 37.4 Å². The predicted octanol–water partition coefficient (Wildman–Crippen LogP) is 6.11. The molecule has 1 aliphatic carbocycles. The molecule has 0 amide bonds. The highest BCUT2D eigenvalue weighted by atomic mass is 32.2. The third-order valence-electron chi connectivity index (χ3n) is 9.28. The molecule has 0 fully saturated rings. The molecule has 8 nitrogen and oxygen atoms in total. The Morgan fingerprint density at radius 3 is 1.28 bits per heavy atom. The van der Waals surface area contributed by atoms with Gasteiger partial charge in [-0.1, -0.05) is 51.0 Å². The van der Waals surface area contributed by atoms with Crippen LogP contribution < -0.4 is 9.13 Å². The average molecular weight is 677 g/mol. The van der Waals surface area contributed by atoms with Gasteiger partial charge in [-0.15, -0.1) is 0 Å². The molecule has 10 heteroatoms. The molecule has 0 atom stereocenters. The number of pyridine rings is 2. The molecular formula is C37H44N2O6S2. The van der Waals surface area contributed by atoms with Gasteiger partial charge in [-0.3, -0.25) is 0 Å². The molecule has 250 valence electrons. The first-order valence-electron chi connectivity index (χ1n) is 16.6. The van der Waals surface area contributed by atoms with E-state index in [-0.39, 0.29) is 16.9 Å². The van der Waals surface area contributed by atoms with Crippen molar-refractivity contribution in [1.29, 1.82) is 0 Å². The molecule has 0 bridgehead atoms. The molecule has 4 aromatic rings. The second kappa shape index (κ2) is 14.8. The Balaban J connectivity index is 1.39. The van der Waals surface area contributed by atoms with Gasteiger partial charge in [0.25, 0.3) is 0 Å². The molecule has 2 aromatic heterocycles. The van der Waals surface area contributed by atoms with Gasteiger partial charge in [0.05, 0.1) is 20.2 Å². The number of rotatable bonds is 16. The van der Waals surface area contributed by atoms with Gasteiger partial charge in [-0.05, 0) is 82.3 Å². The van der Waals surface area contributed by atoms with Gasteiger partial charge in [0.15, 0.2) is 24.8 Å². The molecule has 0 spiro atoms. The molecule has 2 aromatic carbocycles. The summed E-state index contributed by atoms with van der Waals surface area (Å²) < 4.78 is 69.4. The molecule has 0 saturated carbocycles. The summed E-state index contributed by atoms with van der Waals surface area (Å²) in [5.74, 6) is -0.647. The molecule has 0 radical (unpaired) electrons. The van der Waals surface area contributed by atoms with Gasteiger partial charge in [-0.2, -0.15) is 0 Å². The first kappa shape index (κ1) is 34.9. The minimum atomic E-state index is -4.17. The summed E-state index contributed by atoms with van der Waals surface area (Å²) >= 11 is 0. The van der Waals surface area contributed by atoms with Gasteiger partial charge >= 0.3 is 0 Å². The number of fused-ring (bicyclic) bond motifs is 3. The smallest absolute Gasteiger partial charge is 0.169 e. The van der Waals surface area contributed by atoms with Crippen LogP contribution >= 0.6 is 0 Å². The van der Waals surface area contributed by atoms with Crippen molar-refractivity contribution >= 4 is 20.2 Å². The zero-order chi connectivity index (χ0) is 33.7. The first-order valence-corrected chi connectivity index (χ1v) is 19.7. The van der Waals surface area contributed by atoms with Crippen molar-refractivity contribution in [1.82, 2.24) is 0 Å². The van der Waals surface area contributed by atoms with E-state index in [2.05, 4.69) is 74.5 Å². The van der Waals surface area contributed by atoms with Crippen LogP contribution in [0.5, 0.6) is 0 Å². The molecular weight excluding hydrogens is 633 g/mol. The Morgan fingerprint density at radius 1 is 0.553 bits per heavy atom. The highest BCUT2D eigenvalue weighted by Crippen LogP contribution is 2.55. The average Bonchev–Trinajstić information content (AvgIpc) is 3.29. The number of unbranched alkanes of at least 4 members (excludes halogenated alkanes) is 2. The van der Waals surface area contributed by atoms with Crippen LogP contribution in [0.2, 0.25) is 0 Å². The lowest BCUT2D eigenvalue weighted by Gasteiger charge is -2.32. The zero-order valence-corrected chi connectivity index (χ0v) is 28.9. The van der Waals surface area contributed by atoms with Gasteiger partial charge in [-0.25, -0.2) is 26.0 Å². The normalized spacial score (nSPS) is 13.8. The fourth-order valence-electron chi connectivity index (χ4n) is 7.12. The Bertz CT molecular complexity index is 1760.